The van der Waals surface area contributed by atoms with Crippen molar-refractivity contribution in [1.82, 2.24) is 15.0 Å². The molecular weight excluding hydrogens is 216 g/mol. The van der Waals surface area contributed by atoms with Crippen molar-refractivity contribution < 1.29 is 4.74 Å². The van der Waals surface area contributed by atoms with Crippen LogP contribution in [0.25, 0.3) is 10.9 Å². The second-order valence-corrected chi connectivity index (χ2v) is 4.15. The molecule has 17 heavy (non-hydrogen) atoms. The maximum Gasteiger partial charge on any atom is 0.137 e. The van der Waals surface area contributed by atoms with Gasteiger partial charge in [-0.05, 0) is 18.9 Å². The number of aromatic nitrogens is 3. The average Bonchev–Trinajstić information content (AvgIpc) is 2.40. The molecule has 1 fully saturated rings. The molecule has 5 nitrogen and oxygen atoms in total. The van der Waals surface area contributed by atoms with Crippen LogP contribution in [-0.4, -0.2) is 34.2 Å². The first-order valence-corrected chi connectivity index (χ1v) is 5.82. The highest BCUT2D eigenvalue weighted by atomic mass is 16.5. The van der Waals surface area contributed by atoms with Gasteiger partial charge in [-0.2, -0.15) is 0 Å². The molecule has 1 N–H and O–H groups in total. The number of nitrogens with zero attached hydrogens (tertiary/aromatic N) is 3. The first kappa shape index (κ1) is 10.4. The minimum absolute atomic E-state index is 0.440. The van der Waals surface area contributed by atoms with E-state index in [4.69, 9.17) is 4.74 Å². The lowest BCUT2D eigenvalue weighted by Gasteiger charge is -2.23. The highest BCUT2D eigenvalue weighted by Crippen LogP contribution is 2.20. The maximum atomic E-state index is 5.34. The smallest absolute Gasteiger partial charge is 0.137 e. The predicted octanol–water partition coefficient (Wildman–Crippen LogP) is 1.62. The van der Waals surface area contributed by atoms with Gasteiger partial charge in [0, 0.05) is 30.8 Å². The zero-order valence-corrected chi connectivity index (χ0v) is 9.47. The SMILES string of the molecule is c1cc2c(NC3CCOCC3)ncnc2cn1. The van der Waals surface area contributed by atoms with Gasteiger partial charge in [0.2, 0.25) is 0 Å². The van der Waals surface area contributed by atoms with E-state index in [0.29, 0.717) is 6.04 Å². The molecule has 0 bridgehead atoms. The van der Waals surface area contributed by atoms with Crippen LogP contribution in [0.15, 0.2) is 24.8 Å². The van der Waals surface area contributed by atoms with Gasteiger partial charge < -0.3 is 10.1 Å². The fourth-order valence-electron chi connectivity index (χ4n) is 2.06. The Balaban J connectivity index is 1.89. The summed E-state index contributed by atoms with van der Waals surface area (Å²) in [6.07, 6.45) is 7.14. The lowest BCUT2D eigenvalue weighted by Crippen LogP contribution is -2.28. The van der Waals surface area contributed by atoms with Crippen molar-refractivity contribution in [2.75, 3.05) is 18.5 Å². The lowest BCUT2D eigenvalue weighted by molar-refractivity contribution is 0.0904. The zero-order chi connectivity index (χ0) is 11.5. The summed E-state index contributed by atoms with van der Waals surface area (Å²) in [6.45, 7) is 1.64. The molecule has 1 saturated heterocycles. The first-order valence-electron chi connectivity index (χ1n) is 5.82. The third-order valence-electron chi connectivity index (χ3n) is 3.00. The van der Waals surface area contributed by atoms with E-state index in [9.17, 15) is 0 Å². The van der Waals surface area contributed by atoms with Crippen molar-refractivity contribution >= 4 is 16.7 Å². The van der Waals surface area contributed by atoms with Crippen LogP contribution < -0.4 is 5.32 Å². The Bertz CT molecular complexity index is 505. The van der Waals surface area contributed by atoms with Crippen molar-refractivity contribution in [2.24, 2.45) is 0 Å². The van der Waals surface area contributed by atoms with Crippen molar-refractivity contribution in [3.8, 4) is 0 Å². The standard InChI is InChI=1S/C12H14N4O/c1-4-13-7-11-10(1)12(15-8-14-11)16-9-2-5-17-6-3-9/h1,4,7-9H,2-3,5-6H2,(H,14,15,16). The van der Waals surface area contributed by atoms with Crippen LogP contribution in [0.2, 0.25) is 0 Å². The van der Waals surface area contributed by atoms with Crippen LogP contribution in [0.5, 0.6) is 0 Å². The van der Waals surface area contributed by atoms with Crippen molar-refractivity contribution in [2.45, 2.75) is 18.9 Å². The first-order chi connectivity index (χ1) is 8.43. The number of pyridine rings is 1. The summed E-state index contributed by atoms with van der Waals surface area (Å²) in [7, 11) is 0. The zero-order valence-electron chi connectivity index (χ0n) is 9.47. The van der Waals surface area contributed by atoms with Gasteiger partial charge in [-0.3, -0.25) is 4.98 Å². The largest absolute Gasteiger partial charge is 0.381 e. The second-order valence-electron chi connectivity index (χ2n) is 4.15. The summed E-state index contributed by atoms with van der Waals surface area (Å²) in [5, 5.41) is 4.49. The van der Waals surface area contributed by atoms with Crippen molar-refractivity contribution in [1.29, 1.82) is 0 Å². The Morgan fingerprint density at radius 3 is 3.00 bits per heavy atom. The number of hydrogen-bond donors (Lipinski definition) is 1. The molecule has 1 aliphatic rings. The molecule has 0 spiro atoms. The fraction of sp³-hybridized carbons (Fsp3) is 0.417. The minimum atomic E-state index is 0.440. The van der Waals surface area contributed by atoms with E-state index >= 15 is 0 Å². The molecule has 3 rings (SSSR count). The summed E-state index contributed by atoms with van der Waals surface area (Å²) in [6, 6.07) is 2.38. The molecule has 0 radical (unpaired) electrons. The van der Waals surface area contributed by atoms with Gasteiger partial charge in [-0.1, -0.05) is 0 Å². The fourth-order valence-corrected chi connectivity index (χ4v) is 2.06. The van der Waals surface area contributed by atoms with E-state index in [0.717, 1.165) is 42.8 Å². The van der Waals surface area contributed by atoms with Crippen molar-refractivity contribution in [3.05, 3.63) is 24.8 Å². The van der Waals surface area contributed by atoms with Gasteiger partial charge in [0.1, 0.15) is 12.1 Å². The molecule has 0 amide bonds. The summed E-state index contributed by atoms with van der Waals surface area (Å²) in [4.78, 5) is 12.6. The Morgan fingerprint density at radius 1 is 1.24 bits per heavy atom. The van der Waals surface area contributed by atoms with Crippen LogP contribution in [0.1, 0.15) is 12.8 Å². The molecular formula is C12H14N4O. The van der Waals surface area contributed by atoms with Gasteiger partial charge >= 0.3 is 0 Å². The van der Waals surface area contributed by atoms with Crippen LogP contribution in [-0.2, 0) is 4.74 Å². The van der Waals surface area contributed by atoms with E-state index < -0.39 is 0 Å². The topological polar surface area (TPSA) is 59.9 Å². The van der Waals surface area contributed by atoms with Gasteiger partial charge in [0.15, 0.2) is 0 Å². The third-order valence-corrected chi connectivity index (χ3v) is 3.00. The number of rotatable bonds is 2. The molecule has 0 aliphatic carbocycles. The van der Waals surface area contributed by atoms with Crippen LogP contribution in [0, 0.1) is 0 Å². The monoisotopic (exact) mass is 230 g/mol. The number of nitrogens with one attached hydrogen (secondary N) is 1. The van der Waals surface area contributed by atoms with E-state index in [-0.39, 0.29) is 0 Å². The molecule has 88 valence electrons. The third kappa shape index (κ3) is 2.19. The van der Waals surface area contributed by atoms with Gasteiger partial charge in [0.25, 0.3) is 0 Å². The number of ether oxygens (including phenoxy) is 1. The highest BCUT2D eigenvalue weighted by Gasteiger charge is 2.15. The Labute approximate surface area is 99.3 Å². The minimum Gasteiger partial charge on any atom is -0.381 e. The van der Waals surface area contributed by atoms with Crippen LogP contribution in [0.4, 0.5) is 5.82 Å². The van der Waals surface area contributed by atoms with Gasteiger partial charge in [-0.15, -0.1) is 0 Å². The number of hydrogen-bond acceptors (Lipinski definition) is 5. The van der Waals surface area contributed by atoms with Crippen LogP contribution in [0.3, 0.4) is 0 Å². The van der Waals surface area contributed by atoms with Crippen molar-refractivity contribution in [3.63, 3.8) is 0 Å². The summed E-state index contributed by atoms with van der Waals surface area (Å²) >= 11 is 0. The summed E-state index contributed by atoms with van der Waals surface area (Å²) in [5.41, 5.74) is 0.872. The number of fused-ring (bicyclic) bond motifs is 1. The second kappa shape index (κ2) is 4.63. The summed E-state index contributed by atoms with van der Waals surface area (Å²) < 4.78 is 5.34. The summed E-state index contributed by atoms with van der Waals surface area (Å²) in [5.74, 6) is 0.893. The Morgan fingerprint density at radius 2 is 2.12 bits per heavy atom. The number of anilines is 1. The highest BCUT2D eigenvalue weighted by molar-refractivity contribution is 5.87. The van der Waals surface area contributed by atoms with Crippen LogP contribution >= 0.6 is 0 Å². The molecule has 1 aliphatic heterocycles. The van der Waals surface area contributed by atoms with Gasteiger partial charge in [-0.25, -0.2) is 9.97 Å². The molecule has 0 saturated carbocycles. The molecule has 2 aromatic rings. The predicted molar refractivity (Wildman–Crippen MR) is 64.8 cm³/mol. The Hall–Kier alpha value is -1.75. The molecule has 0 atom stereocenters. The molecule has 3 heterocycles. The lowest BCUT2D eigenvalue weighted by atomic mass is 10.1. The molecule has 0 unspecified atom stereocenters. The normalized spacial score (nSPS) is 17.2. The van der Waals surface area contributed by atoms with E-state index in [1.807, 2.05) is 6.07 Å². The van der Waals surface area contributed by atoms with Gasteiger partial charge in [0.05, 0.1) is 11.7 Å². The van der Waals surface area contributed by atoms with E-state index in [2.05, 4.69) is 20.3 Å². The Kier molecular flexibility index (Phi) is 2.83. The molecule has 2 aromatic heterocycles. The van der Waals surface area contributed by atoms with E-state index in [1.54, 1.807) is 18.7 Å². The quantitative estimate of drug-likeness (QED) is 0.849. The molecule has 0 aromatic carbocycles. The van der Waals surface area contributed by atoms with E-state index in [1.165, 1.54) is 0 Å². The molecule has 5 heteroatoms. The average molecular weight is 230 g/mol. The maximum absolute atomic E-state index is 5.34.